The number of aromatic nitrogens is 2. The van der Waals surface area contributed by atoms with Crippen LogP contribution >= 0.6 is 0 Å². The number of amides is 1. The second kappa shape index (κ2) is 7.31. The molecule has 0 fully saturated rings. The minimum absolute atomic E-state index is 0.257. The van der Waals surface area contributed by atoms with Crippen LogP contribution in [0.2, 0.25) is 0 Å². The fourth-order valence-corrected chi connectivity index (χ4v) is 3.65. The van der Waals surface area contributed by atoms with Gasteiger partial charge in [0.2, 0.25) is 10.0 Å². The van der Waals surface area contributed by atoms with Crippen molar-refractivity contribution in [2.75, 3.05) is 15.8 Å². The molecule has 0 spiro atoms. The van der Waals surface area contributed by atoms with Gasteiger partial charge in [-0.05, 0) is 24.6 Å². The normalized spacial score (nSPS) is 11.5. The van der Waals surface area contributed by atoms with Crippen molar-refractivity contribution in [1.29, 1.82) is 0 Å². The highest BCUT2D eigenvalue weighted by molar-refractivity contribution is 7.92. The predicted octanol–water partition coefficient (Wildman–Crippen LogP) is 3.25. The average Bonchev–Trinajstić information content (AvgIpc) is 3.05. The van der Waals surface area contributed by atoms with Crippen LogP contribution in [0.1, 0.15) is 23.7 Å². The largest absolute Gasteiger partial charge is 0.346 e. The van der Waals surface area contributed by atoms with E-state index in [2.05, 4.69) is 15.3 Å². The van der Waals surface area contributed by atoms with Gasteiger partial charge >= 0.3 is 0 Å². The molecule has 0 bridgehead atoms. The van der Waals surface area contributed by atoms with Gasteiger partial charge in [-0.25, -0.2) is 22.2 Å². The molecule has 3 aromatic rings. The molecular weight excluding hydrogens is 378 g/mol. The number of rotatable bonds is 6. The fourth-order valence-electron chi connectivity index (χ4n) is 2.52. The Balaban J connectivity index is 1.89. The molecule has 7 nitrogen and oxygen atoms in total. The van der Waals surface area contributed by atoms with Crippen LogP contribution in [0.25, 0.3) is 11.0 Å². The standard InChI is InChI=1S/C17H16F2N4O3S/c1-2-5-27(25,26)23-14-8-11(18)7-13(15(14)19)17(24)22-12-6-10-3-4-20-16(10)21-9-12/h3-4,6-9,23H,2,5H2,1H3,(H,20,21)(H,22,24). The van der Waals surface area contributed by atoms with Gasteiger partial charge in [-0.15, -0.1) is 0 Å². The number of hydrogen-bond acceptors (Lipinski definition) is 4. The summed E-state index contributed by atoms with van der Waals surface area (Å²) in [4.78, 5) is 19.3. The maximum Gasteiger partial charge on any atom is 0.258 e. The molecule has 2 heterocycles. The van der Waals surface area contributed by atoms with E-state index < -0.39 is 38.8 Å². The Morgan fingerprint density at radius 1 is 1.26 bits per heavy atom. The number of hydrogen-bond donors (Lipinski definition) is 3. The number of carbonyl (C=O) groups excluding carboxylic acids is 1. The van der Waals surface area contributed by atoms with Crippen molar-refractivity contribution in [3.05, 3.63) is 53.9 Å². The summed E-state index contributed by atoms with van der Waals surface area (Å²) in [6.45, 7) is 1.63. The van der Waals surface area contributed by atoms with Crippen molar-refractivity contribution in [3.63, 3.8) is 0 Å². The zero-order valence-corrected chi connectivity index (χ0v) is 15.0. The summed E-state index contributed by atoms with van der Waals surface area (Å²) in [5, 5.41) is 3.15. The number of benzene rings is 1. The quantitative estimate of drug-likeness (QED) is 0.597. The molecule has 3 rings (SSSR count). The van der Waals surface area contributed by atoms with Crippen molar-refractivity contribution < 1.29 is 22.0 Å². The first-order valence-electron chi connectivity index (χ1n) is 8.03. The van der Waals surface area contributed by atoms with Gasteiger partial charge in [-0.1, -0.05) is 6.92 Å². The third kappa shape index (κ3) is 4.22. The molecule has 1 aromatic carbocycles. The number of aromatic amines is 1. The molecule has 0 saturated heterocycles. The molecule has 27 heavy (non-hydrogen) atoms. The minimum atomic E-state index is -3.85. The van der Waals surface area contributed by atoms with Crippen LogP contribution in [0.15, 0.2) is 36.7 Å². The van der Waals surface area contributed by atoms with Gasteiger partial charge in [0.15, 0.2) is 5.82 Å². The zero-order valence-electron chi connectivity index (χ0n) is 14.2. The number of anilines is 2. The van der Waals surface area contributed by atoms with E-state index in [1.165, 1.54) is 6.20 Å². The van der Waals surface area contributed by atoms with E-state index in [9.17, 15) is 22.0 Å². The molecule has 0 radical (unpaired) electrons. The van der Waals surface area contributed by atoms with Crippen LogP contribution < -0.4 is 10.0 Å². The molecule has 0 atom stereocenters. The number of nitrogens with one attached hydrogen (secondary N) is 3. The van der Waals surface area contributed by atoms with Gasteiger partial charge in [-0.2, -0.15) is 0 Å². The second-order valence-electron chi connectivity index (χ2n) is 5.83. The van der Waals surface area contributed by atoms with Crippen molar-refractivity contribution in [2.45, 2.75) is 13.3 Å². The van der Waals surface area contributed by atoms with Gasteiger partial charge in [-0.3, -0.25) is 9.52 Å². The van der Waals surface area contributed by atoms with E-state index in [4.69, 9.17) is 0 Å². The number of sulfonamides is 1. The van der Waals surface area contributed by atoms with Crippen LogP contribution in [0.5, 0.6) is 0 Å². The highest BCUT2D eigenvalue weighted by Gasteiger charge is 2.21. The Kier molecular flexibility index (Phi) is 5.08. The van der Waals surface area contributed by atoms with Crippen LogP contribution in [-0.4, -0.2) is 30.0 Å². The van der Waals surface area contributed by atoms with E-state index in [1.807, 2.05) is 4.72 Å². The lowest BCUT2D eigenvalue weighted by Gasteiger charge is -2.12. The first-order chi connectivity index (χ1) is 12.8. The summed E-state index contributed by atoms with van der Waals surface area (Å²) >= 11 is 0. The predicted molar refractivity (Wildman–Crippen MR) is 98.1 cm³/mol. The first-order valence-corrected chi connectivity index (χ1v) is 9.68. The fraction of sp³-hybridized carbons (Fsp3) is 0.176. The van der Waals surface area contributed by atoms with E-state index in [-0.39, 0.29) is 11.4 Å². The summed E-state index contributed by atoms with van der Waals surface area (Å²) in [5.74, 6) is -3.30. The maximum absolute atomic E-state index is 14.6. The summed E-state index contributed by atoms with van der Waals surface area (Å²) < 4.78 is 54.1. The number of nitrogens with zero attached hydrogens (tertiary/aromatic N) is 1. The highest BCUT2D eigenvalue weighted by atomic mass is 32.2. The molecule has 0 aliphatic carbocycles. The Labute approximate surface area is 153 Å². The van der Waals surface area contributed by atoms with Gasteiger partial charge in [0.25, 0.3) is 5.91 Å². The molecule has 0 unspecified atom stereocenters. The smallest absolute Gasteiger partial charge is 0.258 e. The lowest BCUT2D eigenvalue weighted by molar-refractivity contribution is 0.102. The molecule has 0 aliphatic rings. The van der Waals surface area contributed by atoms with Crippen LogP contribution in [0.4, 0.5) is 20.2 Å². The SMILES string of the molecule is CCCS(=O)(=O)Nc1cc(F)cc(C(=O)Nc2cnc3[nH]ccc3c2)c1F. The first kappa shape index (κ1) is 18.8. The third-order valence-electron chi connectivity index (χ3n) is 3.68. The van der Waals surface area contributed by atoms with Crippen LogP contribution in [0, 0.1) is 11.6 Å². The summed E-state index contributed by atoms with van der Waals surface area (Å²) in [7, 11) is -3.85. The number of carbonyl (C=O) groups is 1. The lowest BCUT2D eigenvalue weighted by atomic mass is 10.1. The van der Waals surface area contributed by atoms with Crippen molar-refractivity contribution in [3.8, 4) is 0 Å². The number of pyridine rings is 1. The molecule has 142 valence electrons. The molecule has 1 amide bonds. The maximum atomic E-state index is 14.6. The molecule has 3 N–H and O–H groups in total. The Morgan fingerprint density at radius 2 is 2.04 bits per heavy atom. The van der Waals surface area contributed by atoms with Crippen molar-refractivity contribution in [1.82, 2.24) is 9.97 Å². The van der Waals surface area contributed by atoms with Gasteiger partial charge in [0, 0.05) is 17.6 Å². The van der Waals surface area contributed by atoms with Crippen LogP contribution in [-0.2, 0) is 10.0 Å². The number of H-pyrrole nitrogens is 1. The molecule has 0 saturated carbocycles. The zero-order chi connectivity index (χ0) is 19.6. The van der Waals surface area contributed by atoms with E-state index in [0.29, 0.717) is 24.2 Å². The highest BCUT2D eigenvalue weighted by Crippen LogP contribution is 2.23. The van der Waals surface area contributed by atoms with E-state index in [1.54, 1.807) is 25.3 Å². The third-order valence-corrected chi connectivity index (χ3v) is 5.15. The molecule has 0 aliphatic heterocycles. The van der Waals surface area contributed by atoms with Crippen molar-refractivity contribution in [2.24, 2.45) is 0 Å². The van der Waals surface area contributed by atoms with Crippen molar-refractivity contribution >= 4 is 38.3 Å². The Hall–Kier alpha value is -3.01. The summed E-state index contributed by atoms with van der Waals surface area (Å²) in [6.07, 6.45) is 3.33. The monoisotopic (exact) mass is 394 g/mol. The second-order valence-corrected chi connectivity index (χ2v) is 7.67. The van der Waals surface area contributed by atoms with Crippen LogP contribution in [0.3, 0.4) is 0 Å². The summed E-state index contributed by atoms with van der Waals surface area (Å²) in [5.41, 5.74) is -0.354. The Bertz CT molecular complexity index is 1110. The van der Waals surface area contributed by atoms with Gasteiger partial charge < -0.3 is 10.3 Å². The summed E-state index contributed by atoms with van der Waals surface area (Å²) in [6, 6.07) is 4.73. The lowest BCUT2D eigenvalue weighted by Crippen LogP contribution is -2.20. The molecule has 10 heteroatoms. The van der Waals surface area contributed by atoms with Gasteiger partial charge in [0.05, 0.1) is 28.9 Å². The van der Waals surface area contributed by atoms with E-state index >= 15 is 0 Å². The van der Waals surface area contributed by atoms with Gasteiger partial charge in [0.1, 0.15) is 11.5 Å². The molecule has 2 aromatic heterocycles. The average molecular weight is 394 g/mol. The van der Waals surface area contributed by atoms with E-state index in [0.717, 1.165) is 5.39 Å². The minimum Gasteiger partial charge on any atom is -0.346 e. The number of halogens is 2. The Morgan fingerprint density at radius 3 is 2.78 bits per heavy atom. The topological polar surface area (TPSA) is 104 Å². The number of fused-ring (bicyclic) bond motifs is 1. The molecular formula is C17H16F2N4O3S.